The molecule has 2 N–H and O–H groups in total. The van der Waals surface area contributed by atoms with Gasteiger partial charge in [0.25, 0.3) is 0 Å². The normalized spacial score (nSPS) is 19.0. The van der Waals surface area contributed by atoms with E-state index in [1.165, 1.54) is 12.1 Å². The third kappa shape index (κ3) is 7.25. The summed E-state index contributed by atoms with van der Waals surface area (Å²) in [6.45, 7) is -0.466. The first-order chi connectivity index (χ1) is 17.2. The maximum Gasteiger partial charge on any atom is 0.416 e. The molecular weight excluding hydrogens is 530 g/mol. The van der Waals surface area contributed by atoms with Crippen LogP contribution >= 0.6 is 11.6 Å². The van der Waals surface area contributed by atoms with Crippen molar-refractivity contribution in [2.75, 3.05) is 6.61 Å². The highest BCUT2D eigenvalue weighted by Crippen LogP contribution is 2.31. The van der Waals surface area contributed by atoms with E-state index in [9.17, 15) is 41.0 Å². The van der Waals surface area contributed by atoms with Gasteiger partial charge in [-0.25, -0.2) is 9.48 Å². The van der Waals surface area contributed by atoms with Crippen LogP contribution in [0.2, 0.25) is 0 Å². The topological polar surface area (TPSA) is 89.2 Å². The zero-order valence-electron chi connectivity index (χ0n) is 19.4. The van der Waals surface area contributed by atoms with Gasteiger partial charge in [-0.15, -0.1) is 16.7 Å². The largest absolute Gasteiger partial charge is 0.416 e. The van der Waals surface area contributed by atoms with Crippen LogP contribution in [0, 0.1) is 5.92 Å². The predicted octanol–water partition coefficient (Wildman–Crippen LogP) is 4.06. The third-order valence-electron chi connectivity index (χ3n) is 5.63. The summed E-state index contributed by atoms with van der Waals surface area (Å²) < 4.78 is 79.1. The Morgan fingerprint density at radius 3 is 2.54 bits per heavy atom. The fourth-order valence-electron chi connectivity index (χ4n) is 3.69. The summed E-state index contributed by atoms with van der Waals surface area (Å²) >= 11 is 6.12. The first kappa shape index (κ1) is 28.5. The van der Waals surface area contributed by atoms with Crippen molar-refractivity contribution in [3.63, 3.8) is 0 Å². The molecule has 14 heteroatoms. The molecule has 0 aliphatic heterocycles. The Kier molecular flexibility index (Phi) is 8.58. The number of allylic oxidation sites excluding steroid dienone is 4. The van der Waals surface area contributed by atoms with Crippen molar-refractivity contribution < 1.29 is 36.2 Å². The minimum Gasteiger partial charge on any atom is -0.394 e. The van der Waals surface area contributed by atoms with E-state index < -0.39 is 61.7 Å². The molecule has 3 rings (SSSR count). The lowest BCUT2D eigenvalue weighted by Crippen LogP contribution is -2.37. The number of benzene rings is 1. The van der Waals surface area contributed by atoms with Crippen molar-refractivity contribution in [1.29, 1.82) is 0 Å². The van der Waals surface area contributed by atoms with Crippen molar-refractivity contribution in [3.8, 4) is 0 Å². The second-order valence-electron chi connectivity index (χ2n) is 8.49. The van der Waals surface area contributed by atoms with Gasteiger partial charge in [0.15, 0.2) is 5.82 Å². The molecule has 1 amide bonds. The summed E-state index contributed by atoms with van der Waals surface area (Å²) in [6, 6.07) is 2.76. The van der Waals surface area contributed by atoms with Crippen LogP contribution in [0.4, 0.5) is 26.3 Å². The van der Waals surface area contributed by atoms with Gasteiger partial charge in [-0.1, -0.05) is 37.3 Å². The molecule has 202 valence electrons. The number of aliphatic hydroxyl groups is 1. The number of alkyl halides is 7. The lowest BCUT2D eigenvalue weighted by molar-refractivity contribution is -0.138. The molecule has 0 fully saturated rings. The van der Waals surface area contributed by atoms with E-state index >= 15 is 0 Å². The van der Waals surface area contributed by atoms with E-state index in [0.717, 1.165) is 22.8 Å². The van der Waals surface area contributed by atoms with Crippen LogP contribution in [0.3, 0.4) is 0 Å². The number of hydrogen-bond acceptors (Lipinski definition) is 4. The number of carbonyl (C=O) groups is 1. The lowest BCUT2D eigenvalue weighted by Gasteiger charge is -2.18. The monoisotopic (exact) mass is 552 g/mol. The summed E-state index contributed by atoms with van der Waals surface area (Å²) in [7, 11) is 0. The molecule has 1 aromatic heterocycles. The van der Waals surface area contributed by atoms with Crippen LogP contribution in [0.5, 0.6) is 0 Å². The lowest BCUT2D eigenvalue weighted by atomic mass is 9.97. The molecule has 0 saturated heterocycles. The zero-order valence-corrected chi connectivity index (χ0v) is 20.1. The van der Waals surface area contributed by atoms with E-state index in [0.29, 0.717) is 10.3 Å². The summed E-state index contributed by atoms with van der Waals surface area (Å²) in [5.41, 5.74) is -1.65. The van der Waals surface area contributed by atoms with Gasteiger partial charge in [-0.3, -0.25) is 9.36 Å². The molecule has 0 radical (unpaired) electrons. The Bertz CT molecular complexity index is 1250. The third-order valence-corrected chi connectivity index (χ3v) is 6.17. The SMILES string of the molecule is CC1C=C(c2nn(CC(=O)NC(CO)c3cccc(C(F)(F)F)c3)c(=O)n2CCC(F)(F)F)C=CC1Cl. The van der Waals surface area contributed by atoms with Crippen molar-refractivity contribution in [1.82, 2.24) is 19.7 Å². The van der Waals surface area contributed by atoms with Gasteiger partial charge in [0, 0.05) is 12.1 Å². The molecule has 0 saturated carbocycles. The van der Waals surface area contributed by atoms with Gasteiger partial charge in [0.2, 0.25) is 5.91 Å². The average molecular weight is 553 g/mol. The zero-order chi connectivity index (χ0) is 27.5. The summed E-state index contributed by atoms with van der Waals surface area (Å²) in [4.78, 5) is 25.5. The summed E-state index contributed by atoms with van der Waals surface area (Å²) in [6.07, 6.45) is -5.75. The van der Waals surface area contributed by atoms with Crippen LogP contribution < -0.4 is 11.0 Å². The minimum absolute atomic E-state index is 0.0310. The molecule has 1 heterocycles. The average Bonchev–Trinajstić information content (AvgIpc) is 3.12. The van der Waals surface area contributed by atoms with Gasteiger partial charge >= 0.3 is 18.0 Å². The van der Waals surface area contributed by atoms with Gasteiger partial charge in [0.1, 0.15) is 6.54 Å². The molecule has 0 bridgehead atoms. The number of nitrogens with one attached hydrogen (secondary N) is 1. The number of aliphatic hydroxyl groups excluding tert-OH is 1. The van der Waals surface area contributed by atoms with Crippen molar-refractivity contribution in [2.45, 2.75) is 50.2 Å². The van der Waals surface area contributed by atoms with E-state index in [1.54, 1.807) is 19.1 Å². The summed E-state index contributed by atoms with van der Waals surface area (Å²) in [5.74, 6) is -1.20. The fourth-order valence-corrected chi connectivity index (χ4v) is 3.84. The van der Waals surface area contributed by atoms with Crippen LogP contribution in [-0.4, -0.2) is 43.5 Å². The van der Waals surface area contributed by atoms with Crippen molar-refractivity contribution in [2.24, 2.45) is 5.92 Å². The number of nitrogens with zero attached hydrogens (tertiary/aromatic N) is 3. The Hall–Kier alpha value is -3.06. The maximum atomic E-state index is 13.0. The number of halogens is 7. The van der Waals surface area contributed by atoms with Crippen molar-refractivity contribution in [3.05, 3.63) is 69.9 Å². The molecule has 3 unspecified atom stereocenters. The van der Waals surface area contributed by atoms with E-state index in [1.807, 2.05) is 0 Å². The standard InChI is InChI=1S/C23H23ClF6N4O3/c1-13-9-15(5-6-17(13)24)20-32-34(21(37)33(20)8-7-22(25,26)27)11-19(36)31-18(12-35)14-3-2-4-16(10-14)23(28,29)30/h2-6,9-10,13,17-18,35H,7-8,11-12H2,1H3,(H,31,36). The molecule has 1 aromatic carbocycles. The molecule has 3 atom stereocenters. The Morgan fingerprint density at radius 1 is 1.24 bits per heavy atom. The highest BCUT2D eigenvalue weighted by molar-refractivity contribution is 6.22. The molecule has 7 nitrogen and oxygen atoms in total. The van der Waals surface area contributed by atoms with Crippen LogP contribution in [-0.2, 0) is 24.1 Å². The highest BCUT2D eigenvalue weighted by atomic mass is 35.5. The van der Waals surface area contributed by atoms with E-state index in [-0.39, 0.29) is 22.7 Å². The highest BCUT2D eigenvalue weighted by Gasteiger charge is 2.32. The van der Waals surface area contributed by atoms with Gasteiger partial charge in [0.05, 0.1) is 30.0 Å². The Labute approximate surface area is 212 Å². The number of amides is 1. The number of aromatic nitrogens is 3. The van der Waals surface area contributed by atoms with Gasteiger partial charge < -0.3 is 10.4 Å². The first-order valence-corrected chi connectivity index (χ1v) is 11.5. The number of rotatable bonds is 8. The molecule has 1 aliphatic carbocycles. The van der Waals surface area contributed by atoms with Gasteiger partial charge in [-0.2, -0.15) is 26.3 Å². The molecule has 0 spiro atoms. The quantitative estimate of drug-likeness (QED) is 0.382. The van der Waals surface area contributed by atoms with E-state index in [4.69, 9.17) is 11.6 Å². The maximum absolute atomic E-state index is 13.0. The van der Waals surface area contributed by atoms with Gasteiger partial charge in [-0.05, 0) is 23.6 Å². The second kappa shape index (κ2) is 11.1. The van der Waals surface area contributed by atoms with Crippen LogP contribution in [0.25, 0.3) is 5.57 Å². The number of hydrogen-bond donors (Lipinski definition) is 2. The molecule has 1 aliphatic rings. The van der Waals surface area contributed by atoms with Crippen LogP contribution in [0.15, 0.2) is 47.3 Å². The second-order valence-corrected chi connectivity index (χ2v) is 9.00. The Balaban J connectivity index is 1.86. The first-order valence-electron chi connectivity index (χ1n) is 11.1. The smallest absolute Gasteiger partial charge is 0.394 e. The predicted molar refractivity (Wildman–Crippen MR) is 122 cm³/mol. The van der Waals surface area contributed by atoms with Crippen LogP contribution in [0.1, 0.15) is 36.3 Å². The molecular formula is C23H23ClF6N4O3. The number of carbonyl (C=O) groups excluding carboxylic acids is 1. The summed E-state index contributed by atoms with van der Waals surface area (Å²) in [5, 5.41) is 15.6. The van der Waals surface area contributed by atoms with E-state index in [2.05, 4.69) is 10.4 Å². The molecule has 2 aromatic rings. The molecule has 37 heavy (non-hydrogen) atoms. The Morgan fingerprint density at radius 2 is 1.95 bits per heavy atom. The fraction of sp³-hybridized carbons (Fsp3) is 0.435. The minimum atomic E-state index is -4.64. The van der Waals surface area contributed by atoms with Crippen molar-refractivity contribution >= 4 is 23.1 Å².